The van der Waals surface area contributed by atoms with Crippen molar-refractivity contribution in [2.45, 2.75) is 45.8 Å². The highest BCUT2D eigenvalue weighted by Gasteiger charge is 2.19. The highest BCUT2D eigenvalue weighted by molar-refractivity contribution is 5.67. The van der Waals surface area contributed by atoms with Crippen molar-refractivity contribution in [1.29, 1.82) is 0 Å². The molecule has 1 rings (SSSR count). The molecule has 0 bridgehead atoms. The molecule has 0 heterocycles. The largest absolute Gasteiger partial charge is 0.508 e. The smallest absolute Gasteiger partial charge is 0.410 e. The Bertz CT molecular complexity index is 466. The van der Waals surface area contributed by atoms with Crippen LogP contribution in [0.15, 0.2) is 24.3 Å². The predicted molar refractivity (Wildman–Crippen MR) is 88.0 cm³/mol. The van der Waals surface area contributed by atoms with E-state index in [2.05, 4.69) is 12.2 Å². The van der Waals surface area contributed by atoms with Crippen LogP contribution in [0.25, 0.3) is 0 Å². The molecule has 0 saturated heterocycles. The molecule has 124 valence electrons. The molecule has 1 atom stereocenters. The summed E-state index contributed by atoms with van der Waals surface area (Å²) in [5.74, 6) is 0.267. The topological polar surface area (TPSA) is 61.8 Å². The van der Waals surface area contributed by atoms with Crippen molar-refractivity contribution in [3.8, 4) is 5.75 Å². The minimum Gasteiger partial charge on any atom is -0.508 e. The van der Waals surface area contributed by atoms with Crippen molar-refractivity contribution in [3.05, 3.63) is 29.8 Å². The fourth-order valence-corrected chi connectivity index (χ4v) is 2.04. The van der Waals surface area contributed by atoms with Crippen LogP contribution in [0.5, 0.6) is 5.75 Å². The van der Waals surface area contributed by atoms with Gasteiger partial charge < -0.3 is 20.1 Å². The van der Waals surface area contributed by atoms with E-state index in [0.717, 1.165) is 12.0 Å². The van der Waals surface area contributed by atoms with E-state index < -0.39 is 5.60 Å². The average Bonchev–Trinajstić information content (AvgIpc) is 2.43. The van der Waals surface area contributed by atoms with Gasteiger partial charge in [-0.3, -0.25) is 0 Å². The normalized spacial score (nSPS) is 12.8. The second kappa shape index (κ2) is 8.03. The Hall–Kier alpha value is -1.75. The molecule has 5 heteroatoms. The molecule has 0 aliphatic rings. The van der Waals surface area contributed by atoms with Crippen molar-refractivity contribution in [3.63, 3.8) is 0 Å². The number of carbonyl (C=O) groups is 1. The molecule has 1 aromatic carbocycles. The number of amides is 1. The highest BCUT2D eigenvalue weighted by atomic mass is 16.6. The molecule has 1 unspecified atom stereocenters. The number of hydrogen-bond acceptors (Lipinski definition) is 4. The molecule has 0 fully saturated rings. The first-order valence-electron chi connectivity index (χ1n) is 7.69. The molecule has 22 heavy (non-hydrogen) atoms. The van der Waals surface area contributed by atoms with E-state index >= 15 is 0 Å². The lowest BCUT2D eigenvalue weighted by molar-refractivity contribution is 0.0299. The fourth-order valence-electron chi connectivity index (χ4n) is 2.04. The molecule has 2 N–H and O–H groups in total. The van der Waals surface area contributed by atoms with Gasteiger partial charge in [0.15, 0.2) is 0 Å². The number of carbonyl (C=O) groups excluding carboxylic acids is 1. The number of likely N-dealkylation sites (N-methyl/N-ethyl adjacent to an activating group) is 1. The lowest BCUT2D eigenvalue weighted by atomic mass is 10.0. The van der Waals surface area contributed by atoms with Gasteiger partial charge in [0.1, 0.15) is 11.4 Å². The lowest BCUT2D eigenvalue weighted by Crippen LogP contribution is -2.38. The Kier molecular flexibility index (Phi) is 6.68. The maximum atomic E-state index is 11.9. The van der Waals surface area contributed by atoms with E-state index in [-0.39, 0.29) is 17.9 Å². The summed E-state index contributed by atoms with van der Waals surface area (Å²) in [5.41, 5.74) is 0.650. The van der Waals surface area contributed by atoms with Crippen LogP contribution in [0.4, 0.5) is 4.79 Å². The van der Waals surface area contributed by atoms with Gasteiger partial charge in [-0.1, -0.05) is 19.1 Å². The molecule has 0 aliphatic heterocycles. The predicted octanol–water partition coefficient (Wildman–Crippen LogP) is 3.30. The molecule has 5 nitrogen and oxygen atoms in total. The summed E-state index contributed by atoms with van der Waals surface area (Å²) in [5, 5.41) is 12.8. The van der Waals surface area contributed by atoms with E-state index in [1.807, 2.05) is 32.9 Å². The molecular formula is C17H28N2O3. The van der Waals surface area contributed by atoms with Gasteiger partial charge in [0, 0.05) is 26.2 Å². The number of rotatable bonds is 6. The molecule has 1 amide bonds. The van der Waals surface area contributed by atoms with Gasteiger partial charge >= 0.3 is 6.09 Å². The maximum absolute atomic E-state index is 11.9. The second-order valence-electron chi connectivity index (χ2n) is 6.41. The Morgan fingerprint density at radius 3 is 2.41 bits per heavy atom. The van der Waals surface area contributed by atoms with Crippen molar-refractivity contribution < 1.29 is 14.6 Å². The minimum atomic E-state index is -0.475. The van der Waals surface area contributed by atoms with Gasteiger partial charge in [0.2, 0.25) is 0 Å². The number of nitrogens with one attached hydrogen (secondary N) is 1. The average molecular weight is 308 g/mol. The van der Waals surface area contributed by atoms with Gasteiger partial charge in [-0.05, 0) is 44.9 Å². The summed E-state index contributed by atoms with van der Waals surface area (Å²) in [6.07, 6.45) is 0.618. The molecule has 0 aliphatic carbocycles. The van der Waals surface area contributed by atoms with Gasteiger partial charge in [-0.15, -0.1) is 0 Å². The van der Waals surface area contributed by atoms with Crippen LogP contribution in [0, 0.1) is 0 Å². The van der Waals surface area contributed by atoms with Crippen LogP contribution in [0.1, 0.15) is 45.7 Å². The molecular weight excluding hydrogens is 280 g/mol. The van der Waals surface area contributed by atoms with E-state index in [4.69, 9.17) is 4.74 Å². The van der Waals surface area contributed by atoms with E-state index in [9.17, 15) is 9.90 Å². The minimum absolute atomic E-state index is 0.202. The van der Waals surface area contributed by atoms with Crippen LogP contribution < -0.4 is 5.32 Å². The Labute approximate surface area is 133 Å². The Morgan fingerprint density at radius 1 is 1.32 bits per heavy atom. The number of ether oxygens (including phenoxy) is 1. The van der Waals surface area contributed by atoms with Gasteiger partial charge in [-0.2, -0.15) is 0 Å². The summed E-state index contributed by atoms with van der Waals surface area (Å²) in [6, 6.07) is 7.40. The molecule has 0 radical (unpaired) electrons. The Balaban J connectivity index is 2.44. The molecule has 0 spiro atoms. The zero-order chi connectivity index (χ0) is 16.8. The third-order valence-corrected chi connectivity index (χ3v) is 3.25. The number of phenols is 1. The van der Waals surface area contributed by atoms with Crippen molar-refractivity contribution >= 4 is 6.09 Å². The van der Waals surface area contributed by atoms with Crippen molar-refractivity contribution in [1.82, 2.24) is 10.2 Å². The first kappa shape index (κ1) is 18.3. The number of benzene rings is 1. The van der Waals surface area contributed by atoms with Gasteiger partial charge in [-0.25, -0.2) is 4.79 Å². The zero-order valence-electron chi connectivity index (χ0n) is 14.2. The third-order valence-electron chi connectivity index (χ3n) is 3.25. The second-order valence-corrected chi connectivity index (χ2v) is 6.41. The van der Waals surface area contributed by atoms with Gasteiger partial charge in [0.25, 0.3) is 0 Å². The summed E-state index contributed by atoms with van der Waals surface area (Å²) >= 11 is 0. The molecule has 1 aromatic rings. The quantitative estimate of drug-likeness (QED) is 0.846. The van der Waals surface area contributed by atoms with Crippen molar-refractivity contribution in [2.24, 2.45) is 0 Å². The Morgan fingerprint density at radius 2 is 1.91 bits per heavy atom. The first-order chi connectivity index (χ1) is 10.2. The van der Waals surface area contributed by atoms with Crippen LogP contribution in [-0.4, -0.2) is 41.8 Å². The van der Waals surface area contributed by atoms with Gasteiger partial charge in [0.05, 0.1) is 0 Å². The standard InChI is InChI=1S/C17H28N2O3/c1-6-15(13-7-9-14(20)10-8-13)18-11-12-19(5)16(21)22-17(2,3)4/h7-10,15,18,20H,6,11-12H2,1-5H3. The number of nitrogens with zero attached hydrogens (tertiary/aromatic N) is 1. The van der Waals surface area contributed by atoms with Crippen LogP contribution in [0.2, 0.25) is 0 Å². The number of aromatic hydroxyl groups is 1. The number of phenolic OH excluding ortho intramolecular Hbond substituents is 1. The maximum Gasteiger partial charge on any atom is 0.410 e. The van der Waals surface area contributed by atoms with Crippen LogP contribution in [-0.2, 0) is 4.74 Å². The SMILES string of the molecule is CCC(NCCN(C)C(=O)OC(C)(C)C)c1ccc(O)cc1. The number of hydrogen-bond donors (Lipinski definition) is 2. The van der Waals surface area contributed by atoms with Crippen LogP contribution in [0.3, 0.4) is 0 Å². The first-order valence-corrected chi connectivity index (χ1v) is 7.69. The lowest BCUT2D eigenvalue weighted by Gasteiger charge is -2.25. The zero-order valence-corrected chi connectivity index (χ0v) is 14.2. The van der Waals surface area contributed by atoms with Crippen LogP contribution >= 0.6 is 0 Å². The monoisotopic (exact) mass is 308 g/mol. The fraction of sp³-hybridized carbons (Fsp3) is 0.588. The summed E-state index contributed by atoms with van der Waals surface area (Å²) in [4.78, 5) is 13.4. The van der Waals surface area contributed by atoms with E-state index in [0.29, 0.717) is 13.1 Å². The van der Waals surface area contributed by atoms with E-state index in [1.165, 1.54) is 0 Å². The summed E-state index contributed by atoms with van der Waals surface area (Å²) in [6.45, 7) is 8.92. The summed E-state index contributed by atoms with van der Waals surface area (Å²) in [7, 11) is 1.73. The molecule has 0 saturated carbocycles. The van der Waals surface area contributed by atoms with Crippen molar-refractivity contribution in [2.75, 3.05) is 20.1 Å². The molecule has 0 aromatic heterocycles. The van der Waals surface area contributed by atoms with E-state index in [1.54, 1.807) is 24.1 Å². The highest BCUT2D eigenvalue weighted by Crippen LogP contribution is 2.19. The third kappa shape index (κ3) is 6.35. The summed E-state index contributed by atoms with van der Waals surface area (Å²) < 4.78 is 5.31.